The molecule has 0 aliphatic rings. The van der Waals surface area contributed by atoms with Crippen LogP contribution in [0.2, 0.25) is 0 Å². The molecular formula is C31H26N2O6S. The van der Waals surface area contributed by atoms with Crippen molar-refractivity contribution in [1.82, 2.24) is 0 Å². The van der Waals surface area contributed by atoms with Crippen molar-refractivity contribution in [3.63, 3.8) is 0 Å². The molecule has 0 bridgehead atoms. The molecule has 9 heteroatoms. The lowest BCUT2D eigenvalue weighted by Gasteiger charge is -2.19. The van der Waals surface area contributed by atoms with E-state index in [-0.39, 0.29) is 17.0 Å². The summed E-state index contributed by atoms with van der Waals surface area (Å²) in [6.45, 7) is 3.89. The lowest BCUT2D eigenvalue weighted by Crippen LogP contribution is -2.20. The molecule has 0 heterocycles. The summed E-state index contributed by atoms with van der Waals surface area (Å²) in [4.78, 5) is 49.9. The second-order valence-corrected chi connectivity index (χ2v) is 10.2. The summed E-state index contributed by atoms with van der Waals surface area (Å²) in [5, 5.41) is 23.8. The van der Waals surface area contributed by atoms with Crippen LogP contribution in [0.25, 0.3) is 0 Å². The van der Waals surface area contributed by atoms with E-state index in [1.807, 2.05) is 62.4 Å². The smallest absolute Gasteiger partial charge is 0.336 e. The summed E-state index contributed by atoms with van der Waals surface area (Å²) in [5.41, 5.74) is 3.15. The van der Waals surface area contributed by atoms with Gasteiger partial charge in [-0.25, -0.2) is 9.59 Å². The van der Waals surface area contributed by atoms with Crippen LogP contribution in [0.3, 0.4) is 0 Å². The van der Waals surface area contributed by atoms with E-state index in [0.29, 0.717) is 5.69 Å². The number of benzene rings is 4. The maximum Gasteiger partial charge on any atom is 0.336 e. The Hall–Kier alpha value is -4.89. The third-order valence-electron chi connectivity index (χ3n) is 6.18. The van der Waals surface area contributed by atoms with Gasteiger partial charge in [0.1, 0.15) is 5.25 Å². The van der Waals surface area contributed by atoms with Crippen LogP contribution in [0.4, 0.5) is 11.4 Å². The highest BCUT2D eigenvalue weighted by Crippen LogP contribution is 2.37. The van der Waals surface area contributed by atoms with Crippen LogP contribution < -0.4 is 10.6 Å². The minimum Gasteiger partial charge on any atom is -0.478 e. The van der Waals surface area contributed by atoms with E-state index in [0.717, 1.165) is 33.3 Å². The van der Waals surface area contributed by atoms with Gasteiger partial charge in [-0.1, -0.05) is 48.5 Å². The molecule has 40 heavy (non-hydrogen) atoms. The summed E-state index contributed by atoms with van der Waals surface area (Å²) in [6, 6.07) is 25.4. The number of para-hydroxylation sites is 1. The number of hydrogen-bond acceptors (Lipinski definition) is 5. The maximum atomic E-state index is 13.5. The van der Waals surface area contributed by atoms with E-state index in [4.69, 9.17) is 5.11 Å². The monoisotopic (exact) mass is 554 g/mol. The maximum absolute atomic E-state index is 13.5. The molecule has 8 nitrogen and oxygen atoms in total. The number of carboxylic acid groups (broad SMARTS) is 2. The van der Waals surface area contributed by atoms with Gasteiger partial charge in [-0.2, -0.15) is 0 Å². The van der Waals surface area contributed by atoms with Gasteiger partial charge in [0, 0.05) is 16.3 Å². The highest BCUT2D eigenvalue weighted by molar-refractivity contribution is 8.00. The first-order valence-corrected chi connectivity index (χ1v) is 13.1. The minimum absolute atomic E-state index is 0.164. The van der Waals surface area contributed by atoms with E-state index in [1.54, 1.807) is 24.3 Å². The van der Waals surface area contributed by atoms with Crippen molar-refractivity contribution in [2.75, 3.05) is 10.6 Å². The van der Waals surface area contributed by atoms with Crippen molar-refractivity contribution in [3.05, 3.63) is 124 Å². The van der Waals surface area contributed by atoms with Crippen molar-refractivity contribution in [1.29, 1.82) is 0 Å². The molecule has 4 aromatic carbocycles. The van der Waals surface area contributed by atoms with Gasteiger partial charge in [0.15, 0.2) is 0 Å². The van der Waals surface area contributed by atoms with Gasteiger partial charge >= 0.3 is 11.9 Å². The standard InChI is InChI=1S/C31H26N2O6S/c1-18-7-6-8-19(2)26(18)33-29(35)27(20-9-4-3-5-10-20)40-23-14-12-22(13-15-23)32-28(34)24-16-11-21(30(36)37)17-25(24)31(38)39/h3-17,27H,1-2H3,(H,32,34)(H,33,35)(H,36,37)(H,38,39). The minimum atomic E-state index is -1.41. The Bertz CT molecular complexity index is 1570. The summed E-state index contributed by atoms with van der Waals surface area (Å²) < 4.78 is 0. The number of rotatable bonds is 9. The zero-order valence-corrected chi connectivity index (χ0v) is 22.5. The average molecular weight is 555 g/mol. The summed E-state index contributed by atoms with van der Waals surface area (Å²) in [5.74, 6) is -3.56. The normalized spacial score (nSPS) is 11.3. The molecule has 0 spiro atoms. The van der Waals surface area contributed by atoms with Crippen LogP contribution in [0, 0.1) is 13.8 Å². The van der Waals surface area contributed by atoms with Crippen LogP contribution >= 0.6 is 11.8 Å². The van der Waals surface area contributed by atoms with Gasteiger partial charge in [-0.3, -0.25) is 9.59 Å². The summed E-state index contributed by atoms with van der Waals surface area (Å²) in [7, 11) is 0. The van der Waals surface area contributed by atoms with Gasteiger partial charge in [-0.05, 0) is 73.0 Å². The molecule has 0 radical (unpaired) electrons. The van der Waals surface area contributed by atoms with Crippen LogP contribution in [-0.2, 0) is 4.79 Å². The summed E-state index contributed by atoms with van der Waals surface area (Å²) in [6.07, 6.45) is 0. The number of carbonyl (C=O) groups excluding carboxylic acids is 2. The molecule has 1 atom stereocenters. The van der Waals surface area contributed by atoms with Crippen LogP contribution in [-0.4, -0.2) is 34.0 Å². The fourth-order valence-electron chi connectivity index (χ4n) is 4.10. The Labute approximate surface area is 235 Å². The van der Waals surface area contributed by atoms with Crippen molar-refractivity contribution in [2.24, 2.45) is 0 Å². The third kappa shape index (κ3) is 6.57. The molecule has 0 aromatic heterocycles. The second kappa shape index (κ2) is 12.3. The third-order valence-corrected chi connectivity index (χ3v) is 7.44. The Kier molecular flexibility index (Phi) is 8.66. The van der Waals surface area contributed by atoms with E-state index in [1.165, 1.54) is 23.9 Å². The largest absolute Gasteiger partial charge is 0.478 e. The first-order chi connectivity index (χ1) is 19.1. The number of carbonyl (C=O) groups is 4. The molecule has 4 aromatic rings. The fraction of sp³-hybridized carbons (Fsp3) is 0.0968. The first-order valence-electron chi connectivity index (χ1n) is 12.2. The zero-order chi connectivity index (χ0) is 28.8. The van der Waals surface area contributed by atoms with Crippen molar-refractivity contribution < 1.29 is 29.4 Å². The predicted molar refractivity (Wildman–Crippen MR) is 154 cm³/mol. The number of amides is 2. The fourth-order valence-corrected chi connectivity index (χ4v) is 5.13. The Morgan fingerprint density at radius 2 is 1.35 bits per heavy atom. The van der Waals surface area contributed by atoms with Crippen LogP contribution in [0.1, 0.15) is 53.0 Å². The molecule has 0 saturated heterocycles. The number of nitrogens with one attached hydrogen (secondary N) is 2. The number of aromatic carboxylic acids is 2. The quantitative estimate of drug-likeness (QED) is 0.175. The lowest BCUT2D eigenvalue weighted by atomic mass is 10.0. The van der Waals surface area contributed by atoms with Gasteiger partial charge < -0.3 is 20.8 Å². The SMILES string of the molecule is Cc1cccc(C)c1NC(=O)C(Sc1ccc(NC(=O)c2ccc(C(=O)O)cc2C(=O)O)cc1)c1ccccc1. The van der Waals surface area contributed by atoms with Gasteiger partial charge in [0.2, 0.25) is 5.91 Å². The molecule has 4 rings (SSSR count). The molecule has 0 fully saturated rings. The molecule has 0 aliphatic heterocycles. The van der Waals surface area contributed by atoms with E-state index in [2.05, 4.69) is 10.6 Å². The molecule has 2 amide bonds. The average Bonchev–Trinajstić information content (AvgIpc) is 2.94. The molecule has 0 saturated carbocycles. The van der Waals surface area contributed by atoms with Gasteiger partial charge in [0.25, 0.3) is 5.91 Å². The number of hydrogen-bond donors (Lipinski definition) is 4. The summed E-state index contributed by atoms with van der Waals surface area (Å²) >= 11 is 1.36. The number of thioether (sulfide) groups is 1. The Balaban J connectivity index is 1.53. The Morgan fingerprint density at radius 1 is 0.700 bits per heavy atom. The number of carboxylic acids is 2. The lowest BCUT2D eigenvalue weighted by molar-refractivity contribution is -0.115. The molecule has 4 N–H and O–H groups in total. The van der Waals surface area contributed by atoms with Crippen molar-refractivity contribution >= 4 is 46.9 Å². The highest BCUT2D eigenvalue weighted by Gasteiger charge is 2.24. The Morgan fingerprint density at radius 3 is 1.95 bits per heavy atom. The van der Waals surface area contributed by atoms with Gasteiger partial charge in [-0.15, -0.1) is 11.8 Å². The topological polar surface area (TPSA) is 133 Å². The molecule has 1 unspecified atom stereocenters. The molecule has 0 aliphatic carbocycles. The molecule has 202 valence electrons. The van der Waals surface area contributed by atoms with Crippen molar-refractivity contribution in [3.8, 4) is 0 Å². The predicted octanol–water partition coefficient (Wildman–Crippen LogP) is 6.42. The number of aryl methyl sites for hydroxylation is 2. The second-order valence-electron chi connectivity index (χ2n) is 9.01. The van der Waals surface area contributed by atoms with E-state index < -0.39 is 28.7 Å². The number of anilines is 2. The first kappa shape index (κ1) is 28.1. The zero-order valence-electron chi connectivity index (χ0n) is 21.7. The van der Waals surface area contributed by atoms with E-state index in [9.17, 15) is 24.3 Å². The van der Waals surface area contributed by atoms with Crippen LogP contribution in [0.15, 0.2) is 95.9 Å². The van der Waals surface area contributed by atoms with Crippen LogP contribution in [0.5, 0.6) is 0 Å². The molecular weight excluding hydrogens is 528 g/mol. The highest BCUT2D eigenvalue weighted by atomic mass is 32.2. The van der Waals surface area contributed by atoms with E-state index >= 15 is 0 Å². The van der Waals surface area contributed by atoms with Gasteiger partial charge in [0.05, 0.1) is 16.7 Å². The van der Waals surface area contributed by atoms with Crippen molar-refractivity contribution in [2.45, 2.75) is 24.0 Å².